The number of aliphatic hydroxyl groups excluding tert-OH is 2. The Labute approximate surface area is 184 Å². The predicted octanol–water partition coefficient (Wildman–Crippen LogP) is 4.14. The third-order valence-corrected chi connectivity index (χ3v) is 7.58. The van der Waals surface area contributed by atoms with Crippen molar-refractivity contribution in [2.45, 2.75) is 83.8 Å². The topological polar surface area (TPSA) is 55.7 Å². The Kier molecular flexibility index (Phi) is 9.89. The first-order chi connectivity index (χ1) is 14.6. The van der Waals surface area contributed by atoms with E-state index in [4.69, 9.17) is 0 Å². The molecular formula is C26H46N2O2. The van der Waals surface area contributed by atoms with Crippen LogP contribution in [-0.2, 0) is 0 Å². The largest absolute Gasteiger partial charge is 0.392 e. The van der Waals surface area contributed by atoms with Crippen molar-refractivity contribution in [2.24, 2.45) is 23.7 Å². The molecule has 0 bridgehead atoms. The number of hydrogen-bond donors (Lipinski definition) is 3. The third kappa shape index (κ3) is 7.19. The van der Waals surface area contributed by atoms with Gasteiger partial charge in [0.25, 0.3) is 0 Å². The van der Waals surface area contributed by atoms with Gasteiger partial charge in [0.15, 0.2) is 0 Å². The number of hydrogen-bond acceptors (Lipinski definition) is 4. The van der Waals surface area contributed by atoms with Crippen molar-refractivity contribution in [3.05, 3.63) is 23.8 Å². The lowest BCUT2D eigenvalue weighted by molar-refractivity contribution is 0.139. The van der Waals surface area contributed by atoms with Crippen LogP contribution in [0.4, 0.5) is 0 Å². The number of nitrogens with one attached hydrogen (secondary N) is 1. The van der Waals surface area contributed by atoms with E-state index in [-0.39, 0.29) is 18.1 Å². The van der Waals surface area contributed by atoms with E-state index < -0.39 is 0 Å². The van der Waals surface area contributed by atoms with Gasteiger partial charge < -0.3 is 20.4 Å². The highest BCUT2D eigenvalue weighted by Crippen LogP contribution is 2.47. The van der Waals surface area contributed by atoms with Crippen molar-refractivity contribution in [3.63, 3.8) is 0 Å². The number of aliphatic hydroxyl groups is 2. The Bertz CT molecular complexity index is 555. The van der Waals surface area contributed by atoms with Gasteiger partial charge in [-0.3, -0.25) is 0 Å². The fourth-order valence-corrected chi connectivity index (χ4v) is 5.84. The van der Waals surface area contributed by atoms with E-state index in [1.54, 1.807) is 0 Å². The quantitative estimate of drug-likeness (QED) is 0.311. The second-order valence-electron chi connectivity index (χ2n) is 10.3. The first-order valence-electron chi connectivity index (χ1n) is 12.7. The summed E-state index contributed by atoms with van der Waals surface area (Å²) in [6.07, 6.45) is 16.3. The van der Waals surface area contributed by atoms with Crippen molar-refractivity contribution >= 4 is 0 Å². The fraction of sp³-hybridized carbons (Fsp3) is 0.846. The fourth-order valence-electron chi connectivity index (χ4n) is 5.84. The summed E-state index contributed by atoms with van der Waals surface area (Å²) in [5, 5.41) is 24.6. The molecule has 4 nitrogen and oxygen atoms in total. The molecule has 1 saturated heterocycles. The highest BCUT2D eigenvalue weighted by molar-refractivity contribution is 5.21. The van der Waals surface area contributed by atoms with Gasteiger partial charge in [0.05, 0.1) is 12.2 Å². The van der Waals surface area contributed by atoms with Crippen LogP contribution in [0.2, 0.25) is 0 Å². The van der Waals surface area contributed by atoms with E-state index in [1.165, 1.54) is 63.7 Å². The molecule has 30 heavy (non-hydrogen) atoms. The zero-order valence-electron chi connectivity index (χ0n) is 19.4. The minimum atomic E-state index is -0.380. The zero-order chi connectivity index (χ0) is 21.3. The van der Waals surface area contributed by atoms with E-state index in [1.807, 2.05) is 6.08 Å². The molecule has 3 N–H and O–H groups in total. The molecule has 0 aromatic carbocycles. The third-order valence-electron chi connectivity index (χ3n) is 7.58. The second kappa shape index (κ2) is 12.4. The Morgan fingerprint density at radius 2 is 2.07 bits per heavy atom. The molecular weight excluding hydrogens is 372 g/mol. The monoisotopic (exact) mass is 418 g/mol. The van der Waals surface area contributed by atoms with E-state index >= 15 is 0 Å². The summed E-state index contributed by atoms with van der Waals surface area (Å²) in [5.74, 6) is 1.78. The first kappa shape index (κ1) is 24.0. The minimum absolute atomic E-state index is 0.194. The van der Waals surface area contributed by atoms with Crippen molar-refractivity contribution in [1.29, 1.82) is 0 Å². The van der Waals surface area contributed by atoms with Crippen molar-refractivity contribution < 1.29 is 10.2 Å². The highest BCUT2D eigenvalue weighted by atomic mass is 16.3. The maximum atomic E-state index is 10.6. The molecule has 6 atom stereocenters. The number of rotatable bonds is 13. The molecule has 1 aliphatic heterocycles. The molecule has 3 rings (SSSR count). The summed E-state index contributed by atoms with van der Waals surface area (Å²) in [6.45, 7) is 10.4. The van der Waals surface area contributed by atoms with Crippen molar-refractivity contribution in [1.82, 2.24) is 10.2 Å². The Balaban J connectivity index is 1.36. The Morgan fingerprint density at radius 3 is 2.83 bits per heavy atom. The van der Waals surface area contributed by atoms with E-state index in [9.17, 15) is 10.2 Å². The van der Waals surface area contributed by atoms with Gasteiger partial charge in [0.1, 0.15) is 0 Å². The number of unbranched alkanes of at least 4 members (excludes halogenated alkanes) is 1. The molecule has 1 heterocycles. The predicted molar refractivity (Wildman–Crippen MR) is 125 cm³/mol. The molecule has 172 valence electrons. The van der Waals surface area contributed by atoms with Crippen LogP contribution >= 0.6 is 0 Å². The van der Waals surface area contributed by atoms with Gasteiger partial charge in [-0.1, -0.05) is 56.9 Å². The SMILES string of the molecule is CCCC[C@H](C)C[C@H](O)/C=C/[C@@H]1[C@H]2CC(CNCCCN3CCCC3)=C[C@H]2C[C@H]1O. The lowest BCUT2D eigenvalue weighted by atomic mass is 9.88. The number of likely N-dealkylation sites (tertiary alicyclic amines) is 1. The van der Waals surface area contributed by atoms with Crippen LogP contribution in [0.1, 0.15) is 71.6 Å². The molecule has 2 fully saturated rings. The van der Waals surface area contributed by atoms with Crippen LogP contribution in [0.3, 0.4) is 0 Å². The summed E-state index contributed by atoms with van der Waals surface area (Å²) in [6, 6.07) is 0. The van der Waals surface area contributed by atoms with Crippen LogP contribution in [0.25, 0.3) is 0 Å². The minimum Gasteiger partial charge on any atom is -0.392 e. The lowest BCUT2D eigenvalue weighted by Crippen LogP contribution is -2.26. The van der Waals surface area contributed by atoms with Crippen molar-refractivity contribution in [2.75, 3.05) is 32.7 Å². The average Bonchev–Trinajstić information content (AvgIpc) is 3.42. The van der Waals surface area contributed by atoms with Gasteiger partial charge in [-0.15, -0.1) is 0 Å². The molecule has 0 amide bonds. The summed E-state index contributed by atoms with van der Waals surface area (Å²) < 4.78 is 0. The lowest BCUT2D eigenvalue weighted by Gasteiger charge is -2.20. The molecule has 2 aliphatic carbocycles. The van der Waals surface area contributed by atoms with Gasteiger partial charge >= 0.3 is 0 Å². The number of nitrogens with zero attached hydrogens (tertiary/aromatic N) is 1. The summed E-state index contributed by atoms with van der Waals surface area (Å²) in [4.78, 5) is 2.58. The van der Waals surface area contributed by atoms with Crippen LogP contribution in [-0.4, -0.2) is 60.0 Å². The maximum Gasteiger partial charge on any atom is 0.0723 e. The summed E-state index contributed by atoms with van der Waals surface area (Å²) >= 11 is 0. The van der Waals surface area contributed by atoms with Gasteiger partial charge in [0.2, 0.25) is 0 Å². The Hall–Kier alpha value is -0.680. The molecule has 4 heteroatoms. The smallest absolute Gasteiger partial charge is 0.0723 e. The van der Waals surface area contributed by atoms with Gasteiger partial charge in [0, 0.05) is 12.5 Å². The molecule has 0 aromatic rings. The molecule has 0 unspecified atom stereocenters. The van der Waals surface area contributed by atoms with Crippen molar-refractivity contribution in [3.8, 4) is 0 Å². The molecule has 3 aliphatic rings. The van der Waals surface area contributed by atoms with Crippen LogP contribution in [0.15, 0.2) is 23.8 Å². The standard InChI is InChI=1S/C26H46N2O2/c1-3-4-8-20(2)15-23(29)9-10-24-25-17-21(16-22(25)18-26(24)30)19-27-11-7-14-28-12-5-6-13-28/h9-10,16,20,22-27,29-30H,3-8,11-15,17-19H2,1-2H3/b10-9+/t20-,22-,23+,24+,25-,26+/m0/s1. The van der Waals surface area contributed by atoms with Gasteiger partial charge in [-0.05, 0) is 82.5 Å². The van der Waals surface area contributed by atoms with Gasteiger partial charge in [-0.25, -0.2) is 0 Å². The molecule has 0 radical (unpaired) electrons. The molecule has 0 spiro atoms. The summed E-state index contributed by atoms with van der Waals surface area (Å²) in [5.41, 5.74) is 1.52. The van der Waals surface area contributed by atoms with E-state index in [0.717, 1.165) is 32.4 Å². The van der Waals surface area contributed by atoms with Crippen LogP contribution in [0.5, 0.6) is 0 Å². The van der Waals surface area contributed by atoms with E-state index in [2.05, 4.69) is 36.2 Å². The first-order valence-corrected chi connectivity index (χ1v) is 12.7. The normalized spacial score (nSPS) is 31.4. The van der Waals surface area contributed by atoms with E-state index in [0.29, 0.717) is 17.8 Å². The van der Waals surface area contributed by atoms with Gasteiger partial charge in [-0.2, -0.15) is 0 Å². The van der Waals surface area contributed by atoms with Crippen LogP contribution in [0, 0.1) is 23.7 Å². The molecule has 0 aromatic heterocycles. The summed E-state index contributed by atoms with van der Waals surface area (Å²) in [7, 11) is 0. The highest BCUT2D eigenvalue weighted by Gasteiger charge is 2.43. The number of fused-ring (bicyclic) bond motifs is 1. The number of allylic oxidation sites excluding steroid dienone is 1. The zero-order valence-corrected chi connectivity index (χ0v) is 19.4. The van der Waals surface area contributed by atoms with Crippen LogP contribution < -0.4 is 5.32 Å². The second-order valence-corrected chi connectivity index (χ2v) is 10.3. The molecule has 1 saturated carbocycles. The average molecular weight is 419 g/mol. The Morgan fingerprint density at radius 1 is 1.27 bits per heavy atom. The maximum absolute atomic E-state index is 10.6.